The van der Waals surface area contributed by atoms with Gasteiger partial charge in [0, 0.05) is 58.2 Å². The van der Waals surface area contributed by atoms with Crippen molar-refractivity contribution in [2.75, 3.05) is 76.9 Å². The third-order valence-electron chi connectivity index (χ3n) is 14.9. The normalized spacial score (nSPS) is 15.8. The SMILES string of the molecule is CCC1(COCCCCCCC2=CC=C(N(c3ccc(OC)cc3)c3ccc(-c4ccc(N(c5ccc(CCCCCCOCC6(CC)COC6)cc5)c5ccc(OC)cc5)cc4)cc3)CC2)COC1. The average Bonchev–Trinajstić information content (AvgIpc) is 3.39. The highest BCUT2D eigenvalue weighted by molar-refractivity contribution is 5.79. The second kappa shape index (κ2) is 25.7. The number of benzene rings is 5. The highest BCUT2D eigenvalue weighted by Crippen LogP contribution is 2.40. The van der Waals surface area contributed by atoms with Crippen LogP contribution in [-0.2, 0) is 25.4 Å². The van der Waals surface area contributed by atoms with Crippen LogP contribution in [0.1, 0.15) is 103 Å². The topological polar surface area (TPSA) is 61.9 Å². The standard InChI is InChI=1S/C62H78N2O6/c1-5-61(45-69-46-61)43-67-41-13-9-7-11-15-49-17-25-53(26-18-49)63(57-33-37-59(65-3)38-34-57)55-29-21-51(22-30-55)52-23-31-56(32-24-52)64(58-35-39-60(66-4)40-36-58)54-27-19-50(20-28-54)16-12-8-10-14-42-68-44-62(6-2)47-70-48-62/h17-19,21-27,29-40H,5-16,20,28,41-48H2,1-4H3. The second-order valence-electron chi connectivity index (χ2n) is 19.9. The van der Waals surface area contributed by atoms with Crippen LogP contribution in [0, 0.1) is 10.8 Å². The summed E-state index contributed by atoms with van der Waals surface area (Å²) in [6.07, 6.45) is 20.9. The van der Waals surface area contributed by atoms with Crippen LogP contribution >= 0.6 is 0 Å². The van der Waals surface area contributed by atoms with E-state index in [1.165, 1.54) is 60.9 Å². The molecule has 0 amide bonds. The lowest BCUT2D eigenvalue weighted by Gasteiger charge is -2.40. The molecule has 5 aromatic carbocycles. The Morgan fingerprint density at radius 3 is 1.26 bits per heavy atom. The van der Waals surface area contributed by atoms with Crippen molar-refractivity contribution in [1.29, 1.82) is 0 Å². The van der Waals surface area contributed by atoms with Crippen LogP contribution in [0.25, 0.3) is 11.1 Å². The molecule has 2 saturated heterocycles. The Kier molecular flexibility index (Phi) is 18.7. The van der Waals surface area contributed by atoms with Gasteiger partial charge in [-0.2, -0.15) is 0 Å². The van der Waals surface area contributed by atoms with Gasteiger partial charge in [-0.3, -0.25) is 0 Å². The number of unbranched alkanes of at least 4 members (excludes halogenated alkanes) is 6. The Bertz CT molecular complexity index is 2370. The van der Waals surface area contributed by atoms with E-state index >= 15 is 0 Å². The predicted octanol–water partition coefficient (Wildman–Crippen LogP) is 15.5. The molecule has 0 bridgehead atoms. The number of allylic oxidation sites excluding steroid dienone is 4. The van der Waals surface area contributed by atoms with Crippen molar-refractivity contribution >= 4 is 28.4 Å². The zero-order valence-electron chi connectivity index (χ0n) is 42.6. The number of aryl methyl sites for hydroxylation is 1. The summed E-state index contributed by atoms with van der Waals surface area (Å²) in [6, 6.07) is 43.8. The van der Waals surface area contributed by atoms with E-state index < -0.39 is 0 Å². The second-order valence-corrected chi connectivity index (χ2v) is 19.9. The van der Waals surface area contributed by atoms with Gasteiger partial charge in [0.05, 0.1) is 53.9 Å². The summed E-state index contributed by atoms with van der Waals surface area (Å²) in [5.41, 5.74) is 12.7. The van der Waals surface area contributed by atoms with E-state index in [0.29, 0.717) is 0 Å². The number of methoxy groups -OCH3 is 2. The molecular formula is C62H78N2O6. The van der Waals surface area contributed by atoms with Gasteiger partial charge >= 0.3 is 0 Å². The van der Waals surface area contributed by atoms with Gasteiger partial charge in [-0.05, 0) is 172 Å². The molecular weight excluding hydrogens is 869 g/mol. The van der Waals surface area contributed by atoms with Gasteiger partial charge in [-0.1, -0.05) is 87.6 Å². The fraction of sp³-hybridized carbons (Fsp3) is 0.452. The molecule has 0 radical (unpaired) electrons. The number of ether oxygens (including phenoxy) is 6. The van der Waals surface area contributed by atoms with E-state index in [1.54, 1.807) is 19.8 Å². The lowest BCUT2D eigenvalue weighted by atomic mass is 9.84. The van der Waals surface area contributed by atoms with E-state index in [-0.39, 0.29) is 10.8 Å². The molecule has 0 saturated carbocycles. The fourth-order valence-corrected chi connectivity index (χ4v) is 9.81. The Morgan fingerprint density at radius 2 is 0.857 bits per heavy atom. The van der Waals surface area contributed by atoms with Crippen LogP contribution in [0.5, 0.6) is 11.5 Å². The van der Waals surface area contributed by atoms with Crippen molar-refractivity contribution in [2.45, 2.75) is 104 Å². The maximum absolute atomic E-state index is 6.03. The van der Waals surface area contributed by atoms with Gasteiger partial charge < -0.3 is 38.2 Å². The molecule has 8 heteroatoms. The first-order chi connectivity index (χ1) is 34.4. The molecule has 0 spiro atoms. The zero-order chi connectivity index (χ0) is 48.4. The van der Waals surface area contributed by atoms with Crippen molar-refractivity contribution in [3.63, 3.8) is 0 Å². The zero-order valence-corrected chi connectivity index (χ0v) is 42.6. The van der Waals surface area contributed by atoms with Gasteiger partial charge in [-0.25, -0.2) is 0 Å². The molecule has 2 aliphatic heterocycles. The first-order valence-electron chi connectivity index (χ1n) is 26.3. The lowest BCUT2D eigenvalue weighted by Crippen LogP contribution is -2.45. The maximum atomic E-state index is 6.03. The molecule has 8 rings (SSSR count). The Hall–Kier alpha value is -5.38. The van der Waals surface area contributed by atoms with Gasteiger partial charge in [-0.15, -0.1) is 0 Å². The van der Waals surface area contributed by atoms with Crippen LogP contribution in [0.3, 0.4) is 0 Å². The third-order valence-corrected chi connectivity index (χ3v) is 14.9. The summed E-state index contributed by atoms with van der Waals surface area (Å²) < 4.78 is 34.0. The summed E-state index contributed by atoms with van der Waals surface area (Å²) in [4.78, 5) is 4.73. The molecule has 2 heterocycles. The molecule has 372 valence electrons. The molecule has 1 aliphatic carbocycles. The largest absolute Gasteiger partial charge is 0.497 e. The van der Waals surface area contributed by atoms with E-state index in [4.69, 9.17) is 28.4 Å². The Balaban J connectivity index is 0.882. The molecule has 8 nitrogen and oxygen atoms in total. The number of hydrogen-bond acceptors (Lipinski definition) is 8. The van der Waals surface area contributed by atoms with Crippen LogP contribution < -0.4 is 19.3 Å². The molecule has 3 aliphatic rings. The number of rotatable bonds is 29. The fourth-order valence-electron chi connectivity index (χ4n) is 9.81. The van der Waals surface area contributed by atoms with Gasteiger partial charge in [0.15, 0.2) is 0 Å². The first-order valence-corrected chi connectivity index (χ1v) is 26.3. The van der Waals surface area contributed by atoms with Crippen molar-refractivity contribution in [3.05, 3.63) is 150 Å². The molecule has 0 N–H and O–H groups in total. The van der Waals surface area contributed by atoms with Crippen LogP contribution in [0.15, 0.2) is 145 Å². The molecule has 5 aromatic rings. The minimum absolute atomic E-state index is 0.271. The highest BCUT2D eigenvalue weighted by Gasteiger charge is 2.37. The Morgan fingerprint density at radius 1 is 0.443 bits per heavy atom. The number of nitrogens with zero attached hydrogens (tertiary/aromatic N) is 2. The van der Waals surface area contributed by atoms with Crippen molar-refractivity contribution in [3.8, 4) is 22.6 Å². The minimum atomic E-state index is 0.271. The van der Waals surface area contributed by atoms with Crippen LogP contribution in [-0.4, -0.2) is 67.1 Å². The van der Waals surface area contributed by atoms with Gasteiger partial charge in [0.1, 0.15) is 11.5 Å². The summed E-state index contributed by atoms with van der Waals surface area (Å²) in [6.45, 7) is 11.3. The summed E-state index contributed by atoms with van der Waals surface area (Å²) in [5, 5.41) is 0. The van der Waals surface area contributed by atoms with E-state index in [0.717, 1.165) is 144 Å². The molecule has 0 unspecified atom stereocenters. The predicted molar refractivity (Wildman–Crippen MR) is 288 cm³/mol. The first kappa shape index (κ1) is 51.0. The van der Waals surface area contributed by atoms with Crippen LogP contribution in [0.4, 0.5) is 28.4 Å². The lowest BCUT2D eigenvalue weighted by molar-refractivity contribution is -0.150. The van der Waals surface area contributed by atoms with Gasteiger partial charge in [0.25, 0.3) is 0 Å². The average molecular weight is 947 g/mol. The minimum Gasteiger partial charge on any atom is -0.497 e. The highest BCUT2D eigenvalue weighted by atomic mass is 16.5. The maximum Gasteiger partial charge on any atom is 0.119 e. The summed E-state index contributed by atoms with van der Waals surface area (Å²) in [7, 11) is 3.44. The Labute approximate surface area is 419 Å². The smallest absolute Gasteiger partial charge is 0.119 e. The molecule has 0 aromatic heterocycles. The van der Waals surface area contributed by atoms with Gasteiger partial charge in [0.2, 0.25) is 0 Å². The van der Waals surface area contributed by atoms with Crippen LogP contribution in [0.2, 0.25) is 0 Å². The number of anilines is 5. The monoisotopic (exact) mass is 947 g/mol. The van der Waals surface area contributed by atoms with Crippen molar-refractivity contribution in [2.24, 2.45) is 10.8 Å². The third kappa shape index (κ3) is 13.5. The summed E-state index contributed by atoms with van der Waals surface area (Å²) >= 11 is 0. The van der Waals surface area contributed by atoms with E-state index in [1.807, 2.05) is 12.1 Å². The van der Waals surface area contributed by atoms with E-state index in [9.17, 15) is 0 Å². The molecule has 0 atom stereocenters. The molecule has 70 heavy (non-hydrogen) atoms. The summed E-state index contributed by atoms with van der Waals surface area (Å²) in [5.74, 6) is 1.70. The molecule has 2 fully saturated rings. The number of hydrogen-bond donors (Lipinski definition) is 0. The van der Waals surface area contributed by atoms with Crippen molar-refractivity contribution in [1.82, 2.24) is 0 Å². The quantitative estimate of drug-likeness (QED) is 0.0440. The van der Waals surface area contributed by atoms with E-state index in [2.05, 4.69) is 145 Å². The van der Waals surface area contributed by atoms with Crippen molar-refractivity contribution < 1.29 is 28.4 Å².